The summed E-state index contributed by atoms with van der Waals surface area (Å²) in [7, 11) is 0. The predicted molar refractivity (Wildman–Crippen MR) is 69.8 cm³/mol. The first-order valence-corrected chi connectivity index (χ1v) is 6.17. The summed E-state index contributed by atoms with van der Waals surface area (Å²) >= 11 is 1.73. The minimum Gasteiger partial charge on any atom is -0.396 e. The van der Waals surface area contributed by atoms with Crippen molar-refractivity contribution in [2.24, 2.45) is 0 Å². The molecule has 0 bridgehead atoms. The van der Waals surface area contributed by atoms with Crippen molar-refractivity contribution in [2.75, 3.05) is 11.1 Å². The quantitative estimate of drug-likeness (QED) is 0.853. The Labute approximate surface area is 99.3 Å². The molecule has 2 aromatic heterocycles. The Kier molecular flexibility index (Phi) is 3.41. The summed E-state index contributed by atoms with van der Waals surface area (Å²) in [5.74, 6) is 0. The number of anilines is 2. The lowest BCUT2D eigenvalue weighted by atomic mass is 10.1. The molecule has 3 nitrogen and oxygen atoms in total. The predicted octanol–water partition coefficient (Wildman–Crippen LogP) is 2.77. The number of thiophene rings is 1. The third-order valence-electron chi connectivity index (χ3n) is 2.38. The van der Waals surface area contributed by atoms with E-state index in [1.54, 1.807) is 23.7 Å². The Balaban J connectivity index is 1.97. The van der Waals surface area contributed by atoms with Crippen LogP contribution in [0.2, 0.25) is 0 Å². The van der Waals surface area contributed by atoms with Crippen molar-refractivity contribution in [3.8, 4) is 0 Å². The molecule has 1 atom stereocenters. The molecule has 16 heavy (non-hydrogen) atoms. The zero-order chi connectivity index (χ0) is 11.4. The van der Waals surface area contributed by atoms with Gasteiger partial charge in [-0.15, -0.1) is 0 Å². The van der Waals surface area contributed by atoms with Crippen molar-refractivity contribution in [1.29, 1.82) is 0 Å². The van der Waals surface area contributed by atoms with Crippen LogP contribution >= 0.6 is 11.3 Å². The summed E-state index contributed by atoms with van der Waals surface area (Å²) in [5.41, 5.74) is 8.83. The van der Waals surface area contributed by atoms with Crippen LogP contribution < -0.4 is 11.1 Å². The lowest BCUT2D eigenvalue weighted by molar-refractivity contribution is 0.793. The molecule has 0 saturated heterocycles. The maximum absolute atomic E-state index is 5.82. The fraction of sp³-hybridized carbons (Fsp3) is 0.250. The van der Waals surface area contributed by atoms with Gasteiger partial charge in [0.25, 0.3) is 0 Å². The highest BCUT2D eigenvalue weighted by Crippen LogP contribution is 2.18. The van der Waals surface area contributed by atoms with Gasteiger partial charge in [-0.05, 0) is 41.8 Å². The molecule has 0 radical (unpaired) electrons. The number of hydrogen-bond acceptors (Lipinski definition) is 4. The minimum atomic E-state index is 0.360. The van der Waals surface area contributed by atoms with Gasteiger partial charge >= 0.3 is 0 Å². The standard InChI is InChI=1S/C12H15N3S/c1-9(6-10-3-5-16-8-10)15-12-2-4-14-7-11(12)13/h2-5,7-9H,6,13H2,1H3,(H,14,15). The number of aromatic nitrogens is 1. The molecule has 0 aliphatic heterocycles. The summed E-state index contributed by atoms with van der Waals surface area (Å²) in [5, 5.41) is 7.66. The largest absolute Gasteiger partial charge is 0.396 e. The zero-order valence-corrected chi connectivity index (χ0v) is 10.00. The molecular formula is C12H15N3S. The van der Waals surface area contributed by atoms with Crippen molar-refractivity contribution in [3.63, 3.8) is 0 Å². The maximum atomic E-state index is 5.82. The van der Waals surface area contributed by atoms with E-state index in [2.05, 4.69) is 34.1 Å². The lowest BCUT2D eigenvalue weighted by Gasteiger charge is -2.15. The Hall–Kier alpha value is -1.55. The third kappa shape index (κ3) is 2.73. The number of pyridine rings is 1. The van der Waals surface area contributed by atoms with Crippen molar-refractivity contribution >= 4 is 22.7 Å². The van der Waals surface area contributed by atoms with Crippen molar-refractivity contribution in [2.45, 2.75) is 19.4 Å². The van der Waals surface area contributed by atoms with E-state index in [1.807, 2.05) is 6.07 Å². The molecular weight excluding hydrogens is 218 g/mol. The molecule has 84 valence electrons. The Morgan fingerprint density at radius 3 is 3.06 bits per heavy atom. The number of nitrogens with one attached hydrogen (secondary N) is 1. The van der Waals surface area contributed by atoms with Crippen LogP contribution in [0.15, 0.2) is 35.3 Å². The molecule has 0 aliphatic carbocycles. The number of hydrogen-bond donors (Lipinski definition) is 2. The van der Waals surface area contributed by atoms with Crippen LogP contribution in [-0.2, 0) is 6.42 Å². The fourth-order valence-corrected chi connectivity index (χ4v) is 2.30. The SMILES string of the molecule is CC(Cc1ccsc1)Nc1ccncc1N. The van der Waals surface area contributed by atoms with E-state index in [-0.39, 0.29) is 0 Å². The highest BCUT2D eigenvalue weighted by molar-refractivity contribution is 7.07. The number of nitrogens with two attached hydrogens (primary N) is 1. The van der Waals surface area contributed by atoms with Crippen LogP contribution in [0, 0.1) is 0 Å². The van der Waals surface area contributed by atoms with E-state index in [0.717, 1.165) is 12.1 Å². The number of nitrogen functional groups attached to an aromatic ring is 1. The van der Waals surface area contributed by atoms with E-state index < -0.39 is 0 Å². The normalized spacial score (nSPS) is 12.3. The second-order valence-corrected chi connectivity index (χ2v) is 4.62. The van der Waals surface area contributed by atoms with Gasteiger partial charge < -0.3 is 11.1 Å². The van der Waals surface area contributed by atoms with Crippen LogP contribution in [0.25, 0.3) is 0 Å². The second kappa shape index (κ2) is 4.99. The van der Waals surface area contributed by atoms with E-state index in [9.17, 15) is 0 Å². The third-order valence-corrected chi connectivity index (χ3v) is 3.11. The van der Waals surface area contributed by atoms with Gasteiger partial charge in [-0.25, -0.2) is 0 Å². The first-order chi connectivity index (χ1) is 7.75. The first-order valence-electron chi connectivity index (χ1n) is 5.23. The second-order valence-electron chi connectivity index (χ2n) is 3.84. The van der Waals surface area contributed by atoms with Gasteiger partial charge in [-0.1, -0.05) is 0 Å². The van der Waals surface area contributed by atoms with Crippen molar-refractivity contribution < 1.29 is 0 Å². The summed E-state index contributed by atoms with van der Waals surface area (Å²) in [6.45, 7) is 2.15. The van der Waals surface area contributed by atoms with Gasteiger partial charge in [0.2, 0.25) is 0 Å². The topological polar surface area (TPSA) is 50.9 Å². The highest BCUT2D eigenvalue weighted by atomic mass is 32.1. The maximum Gasteiger partial charge on any atom is 0.0736 e. The molecule has 2 aromatic rings. The van der Waals surface area contributed by atoms with Gasteiger partial charge in [-0.3, -0.25) is 4.98 Å². The molecule has 0 spiro atoms. The lowest BCUT2D eigenvalue weighted by Crippen LogP contribution is -2.18. The van der Waals surface area contributed by atoms with Gasteiger partial charge in [0.1, 0.15) is 0 Å². The summed E-state index contributed by atoms with van der Waals surface area (Å²) in [4.78, 5) is 3.96. The summed E-state index contributed by atoms with van der Waals surface area (Å²) in [6.07, 6.45) is 4.42. The van der Waals surface area contributed by atoms with Crippen LogP contribution in [0.1, 0.15) is 12.5 Å². The van der Waals surface area contributed by atoms with Crippen LogP contribution in [-0.4, -0.2) is 11.0 Å². The summed E-state index contributed by atoms with van der Waals surface area (Å²) < 4.78 is 0. The van der Waals surface area contributed by atoms with Gasteiger partial charge in [-0.2, -0.15) is 11.3 Å². The van der Waals surface area contributed by atoms with Gasteiger partial charge in [0, 0.05) is 12.2 Å². The average Bonchev–Trinajstić information content (AvgIpc) is 2.74. The van der Waals surface area contributed by atoms with E-state index in [0.29, 0.717) is 11.7 Å². The van der Waals surface area contributed by atoms with Crippen LogP contribution in [0.4, 0.5) is 11.4 Å². The van der Waals surface area contributed by atoms with Crippen LogP contribution in [0.5, 0.6) is 0 Å². The first kappa shape index (κ1) is 11.0. The number of nitrogens with zero attached hydrogens (tertiary/aromatic N) is 1. The molecule has 2 rings (SSSR count). The van der Waals surface area contributed by atoms with Crippen LogP contribution in [0.3, 0.4) is 0 Å². The smallest absolute Gasteiger partial charge is 0.0736 e. The Morgan fingerprint density at radius 1 is 1.50 bits per heavy atom. The highest BCUT2D eigenvalue weighted by Gasteiger charge is 2.05. The monoisotopic (exact) mass is 233 g/mol. The number of rotatable bonds is 4. The molecule has 1 unspecified atom stereocenters. The Bertz CT molecular complexity index is 439. The van der Waals surface area contributed by atoms with E-state index >= 15 is 0 Å². The van der Waals surface area contributed by atoms with E-state index in [4.69, 9.17) is 5.73 Å². The fourth-order valence-electron chi connectivity index (χ4n) is 1.62. The minimum absolute atomic E-state index is 0.360. The summed E-state index contributed by atoms with van der Waals surface area (Å²) in [6, 6.07) is 4.41. The van der Waals surface area contributed by atoms with Gasteiger partial charge in [0.15, 0.2) is 0 Å². The molecule has 0 saturated carbocycles. The Morgan fingerprint density at radius 2 is 2.38 bits per heavy atom. The molecule has 0 aromatic carbocycles. The van der Waals surface area contributed by atoms with Crippen molar-refractivity contribution in [1.82, 2.24) is 4.98 Å². The molecule has 2 heterocycles. The zero-order valence-electron chi connectivity index (χ0n) is 9.18. The molecule has 0 fully saturated rings. The molecule has 4 heteroatoms. The van der Waals surface area contributed by atoms with Gasteiger partial charge in [0.05, 0.1) is 17.6 Å². The molecule has 0 aliphatic rings. The molecule has 3 N–H and O–H groups in total. The van der Waals surface area contributed by atoms with Crippen molar-refractivity contribution in [3.05, 3.63) is 40.8 Å². The molecule has 0 amide bonds. The van der Waals surface area contributed by atoms with E-state index in [1.165, 1.54) is 5.56 Å². The average molecular weight is 233 g/mol.